The first-order chi connectivity index (χ1) is 7.95. The molecule has 1 saturated carbocycles. The van der Waals surface area contributed by atoms with Crippen LogP contribution in [0.2, 0.25) is 0 Å². The van der Waals surface area contributed by atoms with Crippen molar-refractivity contribution in [3.05, 3.63) is 0 Å². The molecule has 4 nitrogen and oxygen atoms in total. The van der Waals surface area contributed by atoms with Crippen molar-refractivity contribution < 1.29 is 4.79 Å². The van der Waals surface area contributed by atoms with Gasteiger partial charge in [0, 0.05) is 12.1 Å². The molecule has 1 unspecified atom stereocenters. The number of carbonyl (C=O) groups is 1. The molecule has 1 aliphatic rings. The van der Waals surface area contributed by atoms with E-state index < -0.39 is 0 Å². The lowest BCUT2D eigenvalue weighted by Crippen LogP contribution is -2.54. The highest BCUT2D eigenvalue weighted by atomic mass is 16.2. The molecular formula is C13H27N3O. The summed E-state index contributed by atoms with van der Waals surface area (Å²) in [7, 11) is 0. The molecule has 4 N–H and O–H groups in total. The van der Waals surface area contributed by atoms with E-state index in [2.05, 4.69) is 24.5 Å². The molecule has 0 aromatic heterocycles. The average Bonchev–Trinajstić information content (AvgIpc) is 3.00. The number of rotatable bonds is 8. The number of hydrogen-bond donors (Lipinski definition) is 3. The molecule has 0 spiro atoms. The largest absolute Gasteiger partial charge is 0.349 e. The molecule has 100 valence electrons. The molecule has 17 heavy (non-hydrogen) atoms. The summed E-state index contributed by atoms with van der Waals surface area (Å²) in [6, 6.07) is 0. The van der Waals surface area contributed by atoms with Gasteiger partial charge in [0.05, 0.1) is 6.54 Å². The van der Waals surface area contributed by atoms with Crippen LogP contribution in [0.15, 0.2) is 0 Å². The molecular weight excluding hydrogens is 214 g/mol. The quantitative estimate of drug-likeness (QED) is 0.590. The maximum absolute atomic E-state index is 11.8. The smallest absolute Gasteiger partial charge is 0.234 e. The Morgan fingerprint density at radius 3 is 2.59 bits per heavy atom. The Morgan fingerprint density at radius 2 is 2.12 bits per heavy atom. The second-order valence-corrected chi connectivity index (χ2v) is 5.99. The zero-order valence-electron chi connectivity index (χ0n) is 11.4. The van der Waals surface area contributed by atoms with Gasteiger partial charge in [0.2, 0.25) is 5.91 Å². The first kappa shape index (κ1) is 14.5. The zero-order valence-corrected chi connectivity index (χ0v) is 11.4. The minimum absolute atomic E-state index is 0.0549. The lowest BCUT2D eigenvalue weighted by Gasteiger charge is -2.31. The molecule has 0 aromatic rings. The predicted molar refractivity (Wildman–Crippen MR) is 70.7 cm³/mol. The van der Waals surface area contributed by atoms with Gasteiger partial charge in [0.1, 0.15) is 0 Å². The number of nitrogens with two attached hydrogens (primary N) is 1. The van der Waals surface area contributed by atoms with E-state index in [1.807, 2.05) is 6.92 Å². The summed E-state index contributed by atoms with van der Waals surface area (Å²) in [5.74, 6) is 1.39. The van der Waals surface area contributed by atoms with Gasteiger partial charge in [0.25, 0.3) is 0 Å². The van der Waals surface area contributed by atoms with E-state index in [4.69, 9.17) is 5.73 Å². The molecule has 0 heterocycles. The van der Waals surface area contributed by atoms with Gasteiger partial charge in [0.15, 0.2) is 0 Å². The molecule has 0 bridgehead atoms. The third kappa shape index (κ3) is 6.03. The van der Waals surface area contributed by atoms with Crippen LogP contribution in [0.25, 0.3) is 0 Å². The summed E-state index contributed by atoms with van der Waals surface area (Å²) in [6.45, 7) is 8.17. The van der Waals surface area contributed by atoms with Crippen LogP contribution in [-0.4, -0.2) is 31.1 Å². The number of nitrogens with one attached hydrogen (secondary N) is 2. The lowest BCUT2D eigenvalue weighted by molar-refractivity contribution is -0.122. The molecule has 0 aliphatic heterocycles. The first-order valence-corrected chi connectivity index (χ1v) is 6.67. The number of amides is 1. The molecule has 1 atom stereocenters. The van der Waals surface area contributed by atoms with Crippen molar-refractivity contribution in [2.75, 3.05) is 19.6 Å². The maximum atomic E-state index is 11.8. The standard InChI is InChI=1S/C13H27N3O/c1-10(2)6-13(3,9-14)16-12(17)8-15-7-11-4-5-11/h10-11,15H,4-9,14H2,1-3H3,(H,16,17). The van der Waals surface area contributed by atoms with Crippen LogP contribution in [-0.2, 0) is 4.79 Å². The van der Waals surface area contributed by atoms with Gasteiger partial charge in [-0.2, -0.15) is 0 Å². The van der Waals surface area contributed by atoms with E-state index in [9.17, 15) is 4.79 Å². The van der Waals surface area contributed by atoms with Crippen molar-refractivity contribution in [2.45, 2.75) is 45.6 Å². The van der Waals surface area contributed by atoms with Crippen LogP contribution in [0.3, 0.4) is 0 Å². The van der Waals surface area contributed by atoms with Gasteiger partial charge in [-0.25, -0.2) is 0 Å². The van der Waals surface area contributed by atoms with E-state index in [0.29, 0.717) is 19.0 Å². The number of carbonyl (C=O) groups excluding carboxylic acids is 1. The van der Waals surface area contributed by atoms with Crippen LogP contribution >= 0.6 is 0 Å². The Kier molecular flexibility index (Phi) is 5.40. The highest BCUT2D eigenvalue weighted by Gasteiger charge is 2.26. The van der Waals surface area contributed by atoms with Crippen molar-refractivity contribution >= 4 is 5.91 Å². The summed E-state index contributed by atoms with van der Waals surface area (Å²) in [6.07, 6.45) is 3.53. The summed E-state index contributed by atoms with van der Waals surface area (Å²) in [5.41, 5.74) is 5.48. The van der Waals surface area contributed by atoms with Gasteiger partial charge in [-0.15, -0.1) is 0 Å². The minimum Gasteiger partial charge on any atom is -0.349 e. The van der Waals surface area contributed by atoms with E-state index in [-0.39, 0.29) is 11.4 Å². The topological polar surface area (TPSA) is 67.1 Å². The predicted octanol–water partition coefficient (Wildman–Crippen LogP) is 0.866. The fraction of sp³-hybridized carbons (Fsp3) is 0.923. The Labute approximate surface area is 105 Å². The SMILES string of the molecule is CC(C)CC(C)(CN)NC(=O)CNCC1CC1. The summed E-state index contributed by atoms with van der Waals surface area (Å²) in [5, 5.41) is 6.24. The Bertz CT molecular complexity index is 251. The van der Waals surface area contributed by atoms with Gasteiger partial charge in [-0.3, -0.25) is 4.79 Å². The van der Waals surface area contributed by atoms with Crippen molar-refractivity contribution in [1.29, 1.82) is 0 Å². The third-order valence-corrected chi connectivity index (χ3v) is 3.17. The first-order valence-electron chi connectivity index (χ1n) is 6.67. The van der Waals surface area contributed by atoms with E-state index in [1.54, 1.807) is 0 Å². The highest BCUT2D eigenvalue weighted by molar-refractivity contribution is 5.78. The molecule has 1 fully saturated rings. The molecule has 1 amide bonds. The molecule has 0 radical (unpaired) electrons. The Hall–Kier alpha value is -0.610. The molecule has 1 aliphatic carbocycles. The Balaban J connectivity index is 2.24. The fourth-order valence-corrected chi connectivity index (χ4v) is 2.18. The highest BCUT2D eigenvalue weighted by Crippen LogP contribution is 2.27. The summed E-state index contributed by atoms with van der Waals surface area (Å²) in [4.78, 5) is 11.8. The van der Waals surface area contributed by atoms with E-state index in [1.165, 1.54) is 12.8 Å². The fourth-order valence-electron chi connectivity index (χ4n) is 2.18. The van der Waals surface area contributed by atoms with Crippen LogP contribution in [0, 0.1) is 11.8 Å². The van der Waals surface area contributed by atoms with Gasteiger partial charge < -0.3 is 16.4 Å². The maximum Gasteiger partial charge on any atom is 0.234 e. The second kappa shape index (κ2) is 6.36. The number of hydrogen-bond acceptors (Lipinski definition) is 3. The van der Waals surface area contributed by atoms with Crippen molar-refractivity contribution in [2.24, 2.45) is 17.6 Å². The normalized spacial score (nSPS) is 19.1. The lowest BCUT2D eigenvalue weighted by atomic mass is 9.91. The summed E-state index contributed by atoms with van der Waals surface area (Å²) < 4.78 is 0. The summed E-state index contributed by atoms with van der Waals surface area (Å²) >= 11 is 0. The van der Waals surface area contributed by atoms with Gasteiger partial charge in [-0.05, 0) is 44.6 Å². The minimum atomic E-state index is -0.271. The van der Waals surface area contributed by atoms with Crippen molar-refractivity contribution in [1.82, 2.24) is 10.6 Å². The molecule has 1 rings (SSSR count). The van der Waals surface area contributed by atoms with Crippen molar-refractivity contribution in [3.8, 4) is 0 Å². The monoisotopic (exact) mass is 241 g/mol. The van der Waals surface area contributed by atoms with Crippen molar-refractivity contribution in [3.63, 3.8) is 0 Å². The second-order valence-electron chi connectivity index (χ2n) is 5.99. The molecule has 0 aromatic carbocycles. The van der Waals surface area contributed by atoms with Gasteiger partial charge in [-0.1, -0.05) is 13.8 Å². The van der Waals surface area contributed by atoms with Gasteiger partial charge >= 0.3 is 0 Å². The van der Waals surface area contributed by atoms with E-state index in [0.717, 1.165) is 18.9 Å². The Morgan fingerprint density at radius 1 is 1.47 bits per heavy atom. The molecule has 4 heteroatoms. The van der Waals surface area contributed by atoms with Crippen LogP contribution in [0.4, 0.5) is 0 Å². The van der Waals surface area contributed by atoms with Crippen LogP contribution in [0.5, 0.6) is 0 Å². The third-order valence-electron chi connectivity index (χ3n) is 3.17. The van der Waals surface area contributed by atoms with Crippen LogP contribution < -0.4 is 16.4 Å². The van der Waals surface area contributed by atoms with Crippen LogP contribution in [0.1, 0.15) is 40.0 Å². The molecule has 0 saturated heterocycles. The zero-order chi connectivity index (χ0) is 12.9. The average molecular weight is 241 g/mol. The van der Waals surface area contributed by atoms with E-state index >= 15 is 0 Å².